The molecule has 2 heterocycles. The highest BCUT2D eigenvalue weighted by atomic mass is 79.9. The first-order chi connectivity index (χ1) is 8.19. The maximum absolute atomic E-state index is 10.0. The summed E-state index contributed by atoms with van der Waals surface area (Å²) in [5.74, 6) is 0.508. The van der Waals surface area contributed by atoms with Gasteiger partial charge in [-0.15, -0.1) is 11.3 Å². The summed E-state index contributed by atoms with van der Waals surface area (Å²) in [4.78, 5) is 8.02. The number of methoxy groups -OCH3 is 1. The van der Waals surface area contributed by atoms with Gasteiger partial charge in [0.25, 0.3) is 0 Å². The molecule has 0 fully saturated rings. The largest absolute Gasteiger partial charge is 0.481 e. The summed E-state index contributed by atoms with van der Waals surface area (Å²) in [7, 11) is 1.55. The molecule has 0 amide bonds. The number of thiophene rings is 1. The Morgan fingerprint density at radius 3 is 2.94 bits per heavy atom. The Labute approximate surface area is 111 Å². The van der Waals surface area contributed by atoms with E-state index in [0.717, 1.165) is 15.0 Å². The number of aliphatic hydroxyl groups excluding tert-OH is 1. The second-order valence-electron chi connectivity index (χ2n) is 3.46. The lowest BCUT2D eigenvalue weighted by molar-refractivity contribution is 0.177. The number of ether oxygens (including phenoxy) is 1. The van der Waals surface area contributed by atoms with E-state index in [0.29, 0.717) is 12.3 Å². The van der Waals surface area contributed by atoms with Crippen molar-refractivity contribution in [2.75, 3.05) is 7.11 Å². The maximum atomic E-state index is 10.0. The van der Waals surface area contributed by atoms with Crippen LogP contribution in [0.25, 0.3) is 0 Å². The van der Waals surface area contributed by atoms with Gasteiger partial charge in [0.15, 0.2) is 0 Å². The molecule has 1 atom stereocenters. The SMILES string of the molecule is COc1cc(CC(O)c2csc(Br)c2)ncn1. The van der Waals surface area contributed by atoms with E-state index in [1.54, 1.807) is 24.5 Å². The summed E-state index contributed by atoms with van der Waals surface area (Å²) < 4.78 is 6.01. The summed E-state index contributed by atoms with van der Waals surface area (Å²) in [6.45, 7) is 0. The van der Waals surface area contributed by atoms with Gasteiger partial charge in [0.1, 0.15) is 6.33 Å². The smallest absolute Gasteiger partial charge is 0.216 e. The summed E-state index contributed by atoms with van der Waals surface area (Å²) in [5.41, 5.74) is 1.64. The number of hydrogen-bond acceptors (Lipinski definition) is 5. The van der Waals surface area contributed by atoms with Crippen molar-refractivity contribution in [1.29, 1.82) is 0 Å². The van der Waals surface area contributed by atoms with Crippen molar-refractivity contribution in [2.45, 2.75) is 12.5 Å². The van der Waals surface area contributed by atoms with E-state index in [4.69, 9.17) is 4.74 Å². The highest BCUT2D eigenvalue weighted by molar-refractivity contribution is 9.11. The van der Waals surface area contributed by atoms with Gasteiger partial charge >= 0.3 is 0 Å². The number of aromatic nitrogens is 2. The molecule has 0 aliphatic carbocycles. The second-order valence-corrected chi connectivity index (χ2v) is 5.75. The zero-order chi connectivity index (χ0) is 12.3. The number of aliphatic hydroxyl groups is 1. The van der Waals surface area contributed by atoms with Gasteiger partial charge < -0.3 is 9.84 Å². The molecule has 0 saturated carbocycles. The fourth-order valence-corrected chi connectivity index (χ4v) is 2.64. The first-order valence-corrected chi connectivity index (χ1v) is 6.63. The molecular formula is C11H11BrN2O2S. The van der Waals surface area contributed by atoms with Crippen LogP contribution >= 0.6 is 27.3 Å². The maximum Gasteiger partial charge on any atom is 0.216 e. The van der Waals surface area contributed by atoms with Gasteiger partial charge in [-0.1, -0.05) is 0 Å². The van der Waals surface area contributed by atoms with Gasteiger partial charge in [0.05, 0.1) is 22.7 Å². The third-order valence-corrected chi connectivity index (χ3v) is 3.81. The van der Waals surface area contributed by atoms with Gasteiger partial charge in [-0.05, 0) is 32.9 Å². The monoisotopic (exact) mass is 314 g/mol. The molecule has 2 rings (SSSR count). The van der Waals surface area contributed by atoms with Crippen LogP contribution in [0.15, 0.2) is 27.6 Å². The van der Waals surface area contributed by atoms with E-state index in [1.165, 1.54) is 6.33 Å². The molecule has 0 radical (unpaired) electrons. The first-order valence-electron chi connectivity index (χ1n) is 4.96. The lowest BCUT2D eigenvalue weighted by Crippen LogP contribution is -2.03. The fraction of sp³-hybridized carbons (Fsp3) is 0.273. The molecule has 4 nitrogen and oxygen atoms in total. The molecule has 0 saturated heterocycles. The Bertz CT molecular complexity index is 504. The molecule has 0 aliphatic rings. The van der Waals surface area contributed by atoms with Crippen LogP contribution in [0.2, 0.25) is 0 Å². The van der Waals surface area contributed by atoms with Crippen molar-refractivity contribution >= 4 is 27.3 Å². The van der Waals surface area contributed by atoms with Crippen molar-refractivity contribution in [2.24, 2.45) is 0 Å². The number of rotatable bonds is 4. The minimum atomic E-state index is -0.558. The van der Waals surface area contributed by atoms with E-state index in [1.807, 2.05) is 11.4 Å². The van der Waals surface area contributed by atoms with Crippen LogP contribution in [0.1, 0.15) is 17.4 Å². The van der Waals surface area contributed by atoms with Crippen molar-refractivity contribution in [3.63, 3.8) is 0 Å². The average Bonchev–Trinajstić information content (AvgIpc) is 2.76. The summed E-state index contributed by atoms with van der Waals surface area (Å²) in [6.07, 6.45) is 1.32. The predicted molar refractivity (Wildman–Crippen MR) is 69.3 cm³/mol. The van der Waals surface area contributed by atoms with Gasteiger partial charge in [0.2, 0.25) is 5.88 Å². The predicted octanol–water partition coefficient (Wildman–Crippen LogP) is 2.59. The van der Waals surface area contributed by atoms with E-state index < -0.39 is 6.10 Å². The highest BCUT2D eigenvalue weighted by Gasteiger charge is 2.12. The van der Waals surface area contributed by atoms with Crippen molar-refractivity contribution in [1.82, 2.24) is 9.97 Å². The van der Waals surface area contributed by atoms with Gasteiger partial charge in [-0.25, -0.2) is 9.97 Å². The van der Waals surface area contributed by atoms with Crippen LogP contribution in [0.4, 0.5) is 0 Å². The first kappa shape index (κ1) is 12.5. The van der Waals surface area contributed by atoms with E-state index in [2.05, 4.69) is 25.9 Å². The zero-order valence-corrected chi connectivity index (χ0v) is 11.5. The van der Waals surface area contributed by atoms with Gasteiger partial charge in [-0.3, -0.25) is 0 Å². The molecule has 90 valence electrons. The van der Waals surface area contributed by atoms with E-state index in [-0.39, 0.29) is 0 Å². The zero-order valence-electron chi connectivity index (χ0n) is 9.13. The van der Waals surface area contributed by atoms with Crippen LogP contribution in [-0.4, -0.2) is 22.2 Å². The summed E-state index contributed by atoms with van der Waals surface area (Å²) in [5, 5.41) is 12.0. The topological polar surface area (TPSA) is 55.2 Å². The molecular weight excluding hydrogens is 304 g/mol. The van der Waals surface area contributed by atoms with Crippen LogP contribution in [0, 0.1) is 0 Å². The molecule has 6 heteroatoms. The molecule has 2 aromatic heterocycles. The molecule has 0 spiro atoms. The van der Waals surface area contributed by atoms with Gasteiger partial charge in [0, 0.05) is 12.5 Å². The number of nitrogens with zero attached hydrogens (tertiary/aromatic N) is 2. The third kappa shape index (κ3) is 3.24. The molecule has 0 aliphatic heterocycles. The van der Waals surface area contributed by atoms with Crippen LogP contribution < -0.4 is 4.74 Å². The average molecular weight is 315 g/mol. The van der Waals surface area contributed by atoms with Crippen molar-refractivity contribution in [3.05, 3.63) is 38.9 Å². The molecule has 1 unspecified atom stereocenters. The van der Waals surface area contributed by atoms with Crippen molar-refractivity contribution in [3.8, 4) is 5.88 Å². The molecule has 17 heavy (non-hydrogen) atoms. The van der Waals surface area contributed by atoms with E-state index >= 15 is 0 Å². The third-order valence-electron chi connectivity index (χ3n) is 2.28. The Hall–Kier alpha value is -0.980. The lowest BCUT2D eigenvalue weighted by atomic mass is 10.1. The minimum absolute atomic E-state index is 0.446. The number of halogens is 1. The molecule has 2 aromatic rings. The summed E-state index contributed by atoms with van der Waals surface area (Å²) >= 11 is 4.92. The van der Waals surface area contributed by atoms with Crippen LogP contribution in [0.3, 0.4) is 0 Å². The second kappa shape index (κ2) is 5.57. The van der Waals surface area contributed by atoms with E-state index in [9.17, 15) is 5.11 Å². The van der Waals surface area contributed by atoms with Gasteiger partial charge in [-0.2, -0.15) is 0 Å². The Morgan fingerprint density at radius 1 is 1.47 bits per heavy atom. The Balaban J connectivity index is 2.09. The standard InChI is InChI=1S/C11H11BrN2O2S/c1-16-11-4-8(13-6-14-11)3-9(15)7-2-10(12)17-5-7/h2,4-6,9,15H,3H2,1H3. The van der Waals surface area contributed by atoms with Crippen LogP contribution in [0.5, 0.6) is 5.88 Å². The lowest BCUT2D eigenvalue weighted by Gasteiger charge is -2.08. The quantitative estimate of drug-likeness (QED) is 0.942. The number of hydrogen-bond donors (Lipinski definition) is 1. The van der Waals surface area contributed by atoms with Crippen LogP contribution in [-0.2, 0) is 6.42 Å². The summed E-state index contributed by atoms with van der Waals surface area (Å²) in [6, 6.07) is 3.64. The normalized spacial score (nSPS) is 12.4. The van der Waals surface area contributed by atoms with Crippen molar-refractivity contribution < 1.29 is 9.84 Å². The molecule has 0 bridgehead atoms. The highest BCUT2D eigenvalue weighted by Crippen LogP contribution is 2.27. The molecule has 0 aromatic carbocycles. The fourth-order valence-electron chi connectivity index (χ4n) is 1.41. The Kier molecular flexibility index (Phi) is 4.09. The minimum Gasteiger partial charge on any atom is -0.481 e. The molecule has 1 N–H and O–H groups in total. The Morgan fingerprint density at radius 2 is 2.29 bits per heavy atom.